The Kier molecular flexibility index (Phi) is 5.75. The number of halogens is 1. The first-order valence-electron chi connectivity index (χ1n) is 7.69. The second kappa shape index (κ2) is 7.45. The molecule has 0 heterocycles. The minimum atomic E-state index is -3.61. The molecule has 7 heteroatoms. The Morgan fingerprint density at radius 1 is 1.12 bits per heavy atom. The van der Waals surface area contributed by atoms with Gasteiger partial charge in [0, 0.05) is 10.7 Å². The van der Waals surface area contributed by atoms with E-state index in [0.717, 1.165) is 27.3 Å². The van der Waals surface area contributed by atoms with Crippen molar-refractivity contribution in [3.05, 3.63) is 58.1 Å². The lowest BCUT2D eigenvalue weighted by atomic mass is 10.1. The van der Waals surface area contributed by atoms with Crippen LogP contribution in [0.15, 0.2) is 36.4 Å². The van der Waals surface area contributed by atoms with Gasteiger partial charge in [-0.2, -0.15) is 0 Å². The average Bonchev–Trinajstić information content (AvgIpc) is 2.50. The first-order chi connectivity index (χ1) is 11.6. The molecule has 2 aromatic carbocycles. The van der Waals surface area contributed by atoms with Gasteiger partial charge in [-0.1, -0.05) is 23.7 Å². The van der Waals surface area contributed by atoms with Crippen molar-refractivity contribution < 1.29 is 13.2 Å². The van der Waals surface area contributed by atoms with E-state index in [2.05, 4.69) is 5.32 Å². The molecule has 0 radical (unpaired) electrons. The van der Waals surface area contributed by atoms with Crippen molar-refractivity contribution in [1.82, 2.24) is 0 Å². The number of anilines is 2. The average molecular weight is 381 g/mol. The van der Waals surface area contributed by atoms with Crippen LogP contribution in [-0.4, -0.2) is 27.1 Å². The molecule has 134 valence electrons. The molecule has 25 heavy (non-hydrogen) atoms. The van der Waals surface area contributed by atoms with E-state index in [1.165, 1.54) is 0 Å². The summed E-state index contributed by atoms with van der Waals surface area (Å²) in [5.74, 6) is -0.420. The Bertz CT molecular complexity index is 911. The fraction of sp³-hybridized carbons (Fsp3) is 0.278. The van der Waals surface area contributed by atoms with Gasteiger partial charge in [0.2, 0.25) is 15.9 Å². The molecule has 0 aliphatic carbocycles. The molecule has 0 unspecified atom stereocenters. The maximum atomic E-state index is 12.4. The summed E-state index contributed by atoms with van der Waals surface area (Å²) in [6, 6.07) is 10.5. The van der Waals surface area contributed by atoms with Gasteiger partial charge in [-0.3, -0.25) is 9.10 Å². The predicted octanol–water partition coefficient (Wildman–Crippen LogP) is 3.67. The van der Waals surface area contributed by atoms with Crippen molar-refractivity contribution in [2.45, 2.75) is 20.8 Å². The Labute approximate surface area is 153 Å². The van der Waals surface area contributed by atoms with Crippen LogP contribution >= 0.6 is 11.6 Å². The van der Waals surface area contributed by atoms with Crippen LogP contribution in [0.25, 0.3) is 0 Å². The summed E-state index contributed by atoms with van der Waals surface area (Å²) in [5.41, 5.74) is 3.69. The van der Waals surface area contributed by atoms with Crippen LogP contribution in [-0.2, 0) is 14.8 Å². The smallest absolute Gasteiger partial charge is 0.245 e. The first-order valence-corrected chi connectivity index (χ1v) is 9.92. The standard InChI is InChI=1S/C18H21ClN2O3S/c1-12-6-5-7-17(14(12)3)21(25(4,23)24)11-18(22)20-16-9-8-15(19)10-13(16)2/h5-10H,11H2,1-4H3,(H,20,22). The van der Waals surface area contributed by atoms with Gasteiger partial charge in [-0.25, -0.2) is 8.42 Å². The normalized spacial score (nSPS) is 11.2. The lowest BCUT2D eigenvalue weighted by molar-refractivity contribution is -0.114. The van der Waals surface area contributed by atoms with Crippen molar-refractivity contribution in [2.24, 2.45) is 0 Å². The van der Waals surface area contributed by atoms with Crippen LogP contribution in [0, 0.1) is 20.8 Å². The highest BCUT2D eigenvalue weighted by molar-refractivity contribution is 7.92. The van der Waals surface area contributed by atoms with Crippen LogP contribution in [0.3, 0.4) is 0 Å². The summed E-state index contributed by atoms with van der Waals surface area (Å²) >= 11 is 5.91. The topological polar surface area (TPSA) is 66.5 Å². The molecule has 0 saturated carbocycles. The fourth-order valence-corrected chi connectivity index (χ4v) is 3.61. The zero-order valence-electron chi connectivity index (χ0n) is 14.6. The van der Waals surface area contributed by atoms with Crippen molar-refractivity contribution in [1.29, 1.82) is 0 Å². The number of carbonyl (C=O) groups is 1. The van der Waals surface area contributed by atoms with E-state index in [1.54, 1.807) is 30.3 Å². The second-order valence-electron chi connectivity index (χ2n) is 6.00. The van der Waals surface area contributed by atoms with Crippen molar-refractivity contribution >= 4 is 38.9 Å². The lowest BCUT2D eigenvalue weighted by Gasteiger charge is -2.24. The Balaban J connectivity index is 2.29. The predicted molar refractivity (Wildman–Crippen MR) is 103 cm³/mol. The van der Waals surface area contributed by atoms with Gasteiger partial charge in [-0.05, 0) is 61.7 Å². The van der Waals surface area contributed by atoms with Crippen molar-refractivity contribution in [2.75, 3.05) is 22.4 Å². The first kappa shape index (κ1) is 19.3. The van der Waals surface area contributed by atoms with Crippen LogP contribution in [0.5, 0.6) is 0 Å². The van der Waals surface area contributed by atoms with Crippen molar-refractivity contribution in [3.8, 4) is 0 Å². The molecule has 1 N–H and O–H groups in total. The molecular weight excluding hydrogens is 360 g/mol. The number of hydrogen-bond acceptors (Lipinski definition) is 3. The maximum Gasteiger partial charge on any atom is 0.245 e. The van der Waals surface area contributed by atoms with Gasteiger partial charge in [0.1, 0.15) is 6.54 Å². The Hall–Kier alpha value is -2.05. The largest absolute Gasteiger partial charge is 0.324 e. The number of nitrogens with one attached hydrogen (secondary N) is 1. The quantitative estimate of drug-likeness (QED) is 0.860. The van der Waals surface area contributed by atoms with Gasteiger partial charge in [0.15, 0.2) is 0 Å². The number of rotatable bonds is 5. The molecule has 0 aliphatic rings. The SMILES string of the molecule is Cc1cc(Cl)ccc1NC(=O)CN(c1cccc(C)c1C)S(C)(=O)=O. The molecular formula is C18H21ClN2O3S. The highest BCUT2D eigenvalue weighted by Gasteiger charge is 2.23. The van der Waals surface area contributed by atoms with Crippen molar-refractivity contribution in [3.63, 3.8) is 0 Å². The van der Waals surface area contributed by atoms with Gasteiger partial charge in [0.05, 0.1) is 11.9 Å². The fourth-order valence-electron chi connectivity index (χ4n) is 2.47. The van der Waals surface area contributed by atoms with Gasteiger partial charge in [-0.15, -0.1) is 0 Å². The third-order valence-corrected chi connectivity index (χ3v) is 5.36. The number of amides is 1. The highest BCUT2D eigenvalue weighted by atomic mass is 35.5. The monoisotopic (exact) mass is 380 g/mol. The van der Waals surface area contributed by atoms with E-state index in [0.29, 0.717) is 16.4 Å². The molecule has 0 aliphatic heterocycles. The molecule has 2 aromatic rings. The minimum absolute atomic E-state index is 0.300. The summed E-state index contributed by atoms with van der Waals surface area (Å²) in [4.78, 5) is 12.4. The summed E-state index contributed by atoms with van der Waals surface area (Å²) < 4.78 is 25.6. The molecule has 0 fully saturated rings. The van der Waals surface area contributed by atoms with Crippen LogP contribution in [0.2, 0.25) is 5.02 Å². The third kappa shape index (κ3) is 4.74. The number of aryl methyl sites for hydroxylation is 2. The van der Waals surface area contributed by atoms with E-state index >= 15 is 0 Å². The third-order valence-electron chi connectivity index (χ3n) is 3.99. The van der Waals surface area contributed by atoms with Crippen LogP contribution in [0.1, 0.15) is 16.7 Å². The molecule has 0 aromatic heterocycles. The molecule has 5 nitrogen and oxygen atoms in total. The minimum Gasteiger partial charge on any atom is -0.324 e. The zero-order valence-corrected chi connectivity index (χ0v) is 16.2. The molecule has 0 saturated heterocycles. The summed E-state index contributed by atoms with van der Waals surface area (Å²) in [6.45, 7) is 5.26. The highest BCUT2D eigenvalue weighted by Crippen LogP contribution is 2.25. The molecule has 0 atom stereocenters. The summed E-state index contributed by atoms with van der Waals surface area (Å²) in [5, 5.41) is 3.31. The molecule has 0 bridgehead atoms. The number of sulfonamides is 1. The Morgan fingerprint density at radius 2 is 1.80 bits per heavy atom. The number of benzene rings is 2. The molecule has 2 rings (SSSR count). The van der Waals surface area contributed by atoms with Gasteiger partial charge >= 0.3 is 0 Å². The van der Waals surface area contributed by atoms with Crippen LogP contribution < -0.4 is 9.62 Å². The summed E-state index contributed by atoms with van der Waals surface area (Å²) in [6.07, 6.45) is 1.09. The van der Waals surface area contributed by atoms with Crippen LogP contribution in [0.4, 0.5) is 11.4 Å². The zero-order chi connectivity index (χ0) is 18.8. The van der Waals surface area contributed by atoms with E-state index in [1.807, 2.05) is 26.8 Å². The number of carbonyl (C=O) groups excluding carboxylic acids is 1. The summed E-state index contributed by atoms with van der Waals surface area (Å²) in [7, 11) is -3.61. The molecule has 1 amide bonds. The maximum absolute atomic E-state index is 12.4. The molecule has 0 spiro atoms. The lowest BCUT2D eigenvalue weighted by Crippen LogP contribution is -2.38. The Morgan fingerprint density at radius 3 is 2.40 bits per heavy atom. The van der Waals surface area contributed by atoms with E-state index in [4.69, 9.17) is 11.6 Å². The van der Waals surface area contributed by atoms with E-state index < -0.39 is 15.9 Å². The van der Waals surface area contributed by atoms with Gasteiger partial charge in [0.25, 0.3) is 0 Å². The van der Waals surface area contributed by atoms with E-state index in [9.17, 15) is 13.2 Å². The van der Waals surface area contributed by atoms with Gasteiger partial charge < -0.3 is 5.32 Å². The number of hydrogen-bond donors (Lipinski definition) is 1. The second-order valence-corrected chi connectivity index (χ2v) is 8.34. The van der Waals surface area contributed by atoms with E-state index in [-0.39, 0.29) is 6.54 Å². The number of nitrogens with zero attached hydrogens (tertiary/aromatic N) is 1.